The second kappa shape index (κ2) is 7.21. The second-order valence-electron chi connectivity index (χ2n) is 4.19. The highest BCUT2D eigenvalue weighted by atomic mass is 79.9. The van der Waals surface area contributed by atoms with Gasteiger partial charge in [0.05, 0.1) is 0 Å². The minimum atomic E-state index is 0.678. The maximum absolute atomic E-state index is 4.32. The van der Waals surface area contributed by atoms with Gasteiger partial charge in [0.15, 0.2) is 0 Å². The highest BCUT2D eigenvalue weighted by Crippen LogP contribution is 2.20. The van der Waals surface area contributed by atoms with Crippen LogP contribution in [0, 0.1) is 0 Å². The average molecular weight is 321 g/mol. The number of benzene rings is 1. The Morgan fingerprint density at radius 2 is 1.68 bits per heavy atom. The number of hydrogen-bond acceptors (Lipinski definition) is 4. The lowest BCUT2D eigenvalue weighted by Gasteiger charge is -2.05. The lowest BCUT2D eigenvalue weighted by atomic mass is 10.1. The molecule has 0 unspecified atom stereocenters. The highest BCUT2D eigenvalue weighted by Gasteiger charge is 2.00. The van der Waals surface area contributed by atoms with Crippen molar-refractivity contribution in [2.24, 2.45) is 0 Å². The van der Waals surface area contributed by atoms with E-state index < -0.39 is 0 Å². The Bertz CT molecular complexity index is 496. The first-order valence-corrected chi connectivity index (χ1v) is 7.05. The topological polar surface area (TPSA) is 49.8 Å². The predicted octanol–water partition coefficient (Wildman–Crippen LogP) is 2.93. The summed E-state index contributed by atoms with van der Waals surface area (Å²) in [4.78, 5) is 8.64. The number of aromatic nitrogens is 2. The Kier molecular flexibility index (Phi) is 5.30. The number of anilines is 1. The van der Waals surface area contributed by atoms with Crippen molar-refractivity contribution in [3.8, 4) is 11.1 Å². The van der Waals surface area contributed by atoms with Crippen LogP contribution in [0.5, 0.6) is 0 Å². The molecule has 1 aromatic carbocycles. The molecular weight excluding hydrogens is 304 g/mol. The molecule has 0 amide bonds. The van der Waals surface area contributed by atoms with E-state index in [1.807, 2.05) is 43.7 Å². The Morgan fingerprint density at radius 3 is 2.32 bits per heavy atom. The third-order valence-electron chi connectivity index (χ3n) is 2.72. The molecular formula is C14H17BrN4. The summed E-state index contributed by atoms with van der Waals surface area (Å²) in [5.41, 5.74) is 2.14. The fourth-order valence-corrected chi connectivity index (χ4v) is 1.94. The molecule has 0 aliphatic carbocycles. The van der Waals surface area contributed by atoms with Crippen LogP contribution < -0.4 is 10.6 Å². The molecule has 0 fully saturated rings. The van der Waals surface area contributed by atoms with Gasteiger partial charge < -0.3 is 10.6 Å². The molecule has 2 N–H and O–H groups in total. The maximum atomic E-state index is 4.32. The minimum Gasteiger partial charge on any atom is -0.354 e. The summed E-state index contributed by atoms with van der Waals surface area (Å²) in [5, 5.41) is 6.30. The van der Waals surface area contributed by atoms with E-state index in [0.29, 0.717) is 5.95 Å². The van der Waals surface area contributed by atoms with Gasteiger partial charge >= 0.3 is 0 Å². The quantitative estimate of drug-likeness (QED) is 0.803. The van der Waals surface area contributed by atoms with Crippen LogP contribution in [0.4, 0.5) is 5.95 Å². The molecule has 0 aliphatic rings. The van der Waals surface area contributed by atoms with Gasteiger partial charge in [-0.1, -0.05) is 28.1 Å². The summed E-state index contributed by atoms with van der Waals surface area (Å²) in [6, 6.07) is 8.12. The van der Waals surface area contributed by atoms with Crippen molar-refractivity contribution in [2.45, 2.75) is 6.42 Å². The number of nitrogens with one attached hydrogen (secondary N) is 2. The Morgan fingerprint density at radius 1 is 1.00 bits per heavy atom. The molecule has 0 bridgehead atoms. The zero-order valence-electron chi connectivity index (χ0n) is 10.9. The molecule has 5 heteroatoms. The molecule has 0 atom stereocenters. The fourth-order valence-electron chi connectivity index (χ4n) is 1.68. The van der Waals surface area contributed by atoms with Crippen LogP contribution in [-0.4, -0.2) is 30.1 Å². The molecule has 0 spiro atoms. The van der Waals surface area contributed by atoms with Crippen molar-refractivity contribution in [2.75, 3.05) is 25.5 Å². The minimum absolute atomic E-state index is 0.678. The zero-order chi connectivity index (χ0) is 13.5. The van der Waals surface area contributed by atoms with Crippen LogP contribution in [0.3, 0.4) is 0 Å². The van der Waals surface area contributed by atoms with Crippen molar-refractivity contribution < 1.29 is 0 Å². The first-order chi connectivity index (χ1) is 9.29. The SMILES string of the molecule is CNCCCNc1ncc(-c2ccc(Br)cc2)cn1. The monoisotopic (exact) mass is 320 g/mol. The van der Waals surface area contributed by atoms with Crippen LogP contribution in [0.15, 0.2) is 41.1 Å². The molecule has 100 valence electrons. The van der Waals surface area contributed by atoms with Gasteiger partial charge in [0.1, 0.15) is 0 Å². The Hall–Kier alpha value is -1.46. The molecule has 2 aromatic rings. The van der Waals surface area contributed by atoms with E-state index in [2.05, 4.69) is 36.5 Å². The number of nitrogens with zero attached hydrogens (tertiary/aromatic N) is 2. The summed E-state index contributed by atoms with van der Waals surface area (Å²) in [5.74, 6) is 0.678. The van der Waals surface area contributed by atoms with Gasteiger partial charge in [0, 0.05) is 29.0 Å². The Balaban J connectivity index is 1.96. The second-order valence-corrected chi connectivity index (χ2v) is 5.10. The van der Waals surface area contributed by atoms with Crippen molar-refractivity contribution in [1.82, 2.24) is 15.3 Å². The molecule has 1 heterocycles. The third-order valence-corrected chi connectivity index (χ3v) is 3.24. The van der Waals surface area contributed by atoms with Crippen LogP contribution in [0.25, 0.3) is 11.1 Å². The molecule has 0 saturated carbocycles. The number of hydrogen-bond donors (Lipinski definition) is 2. The zero-order valence-corrected chi connectivity index (χ0v) is 12.4. The summed E-state index contributed by atoms with van der Waals surface area (Å²) < 4.78 is 1.07. The van der Waals surface area contributed by atoms with E-state index in [1.54, 1.807) is 0 Å². The molecule has 4 nitrogen and oxygen atoms in total. The molecule has 1 aromatic heterocycles. The van der Waals surface area contributed by atoms with Crippen LogP contribution >= 0.6 is 15.9 Å². The van der Waals surface area contributed by atoms with E-state index in [9.17, 15) is 0 Å². The maximum Gasteiger partial charge on any atom is 0.222 e. The summed E-state index contributed by atoms with van der Waals surface area (Å²) >= 11 is 3.42. The highest BCUT2D eigenvalue weighted by molar-refractivity contribution is 9.10. The molecule has 0 aliphatic heterocycles. The normalized spacial score (nSPS) is 10.4. The van der Waals surface area contributed by atoms with Gasteiger partial charge in [-0.15, -0.1) is 0 Å². The van der Waals surface area contributed by atoms with Crippen molar-refractivity contribution >= 4 is 21.9 Å². The van der Waals surface area contributed by atoms with E-state index in [0.717, 1.165) is 35.1 Å². The van der Waals surface area contributed by atoms with Gasteiger partial charge in [-0.2, -0.15) is 0 Å². The van der Waals surface area contributed by atoms with E-state index in [-0.39, 0.29) is 0 Å². The number of halogens is 1. The average Bonchev–Trinajstić information content (AvgIpc) is 2.45. The predicted molar refractivity (Wildman–Crippen MR) is 82.2 cm³/mol. The third kappa shape index (κ3) is 4.29. The first kappa shape index (κ1) is 14.0. The van der Waals surface area contributed by atoms with Crippen LogP contribution in [0.2, 0.25) is 0 Å². The van der Waals surface area contributed by atoms with Gasteiger partial charge in [-0.3, -0.25) is 0 Å². The van der Waals surface area contributed by atoms with Gasteiger partial charge in [0.25, 0.3) is 0 Å². The smallest absolute Gasteiger partial charge is 0.222 e. The van der Waals surface area contributed by atoms with E-state index in [4.69, 9.17) is 0 Å². The standard InChI is InChI=1S/C14H17BrN4/c1-16-7-2-8-17-14-18-9-12(10-19-14)11-3-5-13(15)6-4-11/h3-6,9-10,16H,2,7-8H2,1H3,(H,17,18,19). The Labute approximate surface area is 121 Å². The number of rotatable bonds is 6. The van der Waals surface area contributed by atoms with Gasteiger partial charge in [-0.25, -0.2) is 9.97 Å². The first-order valence-electron chi connectivity index (χ1n) is 6.26. The molecule has 0 saturated heterocycles. The van der Waals surface area contributed by atoms with Gasteiger partial charge in [0.2, 0.25) is 5.95 Å². The van der Waals surface area contributed by atoms with Crippen molar-refractivity contribution in [3.05, 3.63) is 41.1 Å². The lowest BCUT2D eigenvalue weighted by molar-refractivity contribution is 0.745. The van der Waals surface area contributed by atoms with Crippen LogP contribution in [0.1, 0.15) is 6.42 Å². The van der Waals surface area contributed by atoms with E-state index >= 15 is 0 Å². The van der Waals surface area contributed by atoms with Crippen molar-refractivity contribution in [1.29, 1.82) is 0 Å². The molecule has 19 heavy (non-hydrogen) atoms. The van der Waals surface area contributed by atoms with Gasteiger partial charge in [-0.05, 0) is 37.7 Å². The summed E-state index contributed by atoms with van der Waals surface area (Å²) in [6.07, 6.45) is 4.74. The fraction of sp³-hybridized carbons (Fsp3) is 0.286. The largest absolute Gasteiger partial charge is 0.354 e. The summed E-state index contributed by atoms with van der Waals surface area (Å²) in [6.45, 7) is 1.86. The lowest BCUT2D eigenvalue weighted by Crippen LogP contribution is -2.13. The summed E-state index contributed by atoms with van der Waals surface area (Å²) in [7, 11) is 1.95. The molecule has 2 rings (SSSR count). The van der Waals surface area contributed by atoms with E-state index in [1.165, 1.54) is 0 Å². The van der Waals surface area contributed by atoms with Crippen molar-refractivity contribution in [3.63, 3.8) is 0 Å². The molecule has 0 radical (unpaired) electrons. The van der Waals surface area contributed by atoms with Crippen LogP contribution in [-0.2, 0) is 0 Å².